The fourth-order valence-corrected chi connectivity index (χ4v) is 3.32. The zero-order chi connectivity index (χ0) is 17.0. The summed E-state index contributed by atoms with van der Waals surface area (Å²) < 4.78 is 3.96. The molecule has 126 valence electrons. The van der Waals surface area contributed by atoms with Crippen LogP contribution in [0, 0.1) is 13.8 Å². The Morgan fingerprint density at radius 1 is 1.17 bits per heavy atom. The van der Waals surface area contributed by atoms with E-state index in [1.54, 1.807) is 0 Å². The second kappa shape index (κ2) is 5.29. The van der Waals surface area contributed by atoms with Gasteiger partial charge in [0.15, 0.2) is 5.65 Å². The highest BCUT2D eigenvalue weighted by atomic mass is 15.4. The quantitative estimate of drug-likeness (QED) is 0.739. The number of nitrogens with zero attached hydrogens (tertiary/aromatic N) is 7. The lowest BCUT2D eigenvalue weighted by Crippen LogP contribution is -2.49. The zero-order valence-corrected chi connectivity index (χ0v) is 14.9. The van der Waals surface area contributed by atoms with Crippen LogP contribution in [-0.4, -0.2) is 42.6 Å². The van der Waals surface area contributed by atoms with Crippen molar-refractivity contribution < 1.29 is 0 Å². The lowest BCUT2D eigenvalue weighted by Gasteiger charge is -2.41. The summed E-state index contributed by atoms with van der Waals surface area (Å²) in [6.45, 7) is 10.2. The molecule has 1 fully saturated rings. The van der Waals surface area contributed by atoms with Crippen LogP contribution < -0.4 is 4.90 Å². The molecule has 4 rings (SSSR count). The molecule has 1 aliphatic rings. The number of hydrogen-bond acceptors (Lipinski definition) is 5. The Hall–Kier alpha value is -2.44. The predicted octanol–water partition coefficient (Wildman–Crippen LogP) is 2.36. The minimum absolute atomic E-state index is 0.288. The zero-order valence-electron chi connectivity index (χ0n) is 14.9. The smallest absolute Gasteiger partial charge is 0.163 e. The van der Waals surface area contributed by atoms with Crippen molar-refractivity contribution in [3.05, 3.63) is 29.5 Å². The third kappa shape index (κ3) is 2.26. The van der Waals surface area contributed by atoms with E-state index < -0.39 is 0 Å². The average molecular weight is 325 g/mol. The van der Waals surface area contributed by atoms with Crippen LogP contribution in [0.5, 0.6) is 0 Å². The highest BCUT2D eigenvalue weighted by molar-refractivity contribution is 5.87. The van der Waals surface area contributed by atoms with E-state index >= 15 is 0 Å². The minimum atomic E-state index is 0.288. The first-order chi connectivity index (χ1) is 11.4. The van der Waals surface area contributed by atoms with Crippen molar-refractivity contribution in [2.45, 2.75) is 39.7 Å². The van der Waals surface area contributed by atoms with Gasteiger partial charge < -0.3 is 4.90 Å². The summed E-state index contributed by atoms with van der Waals surface area (Å²) in [6, 6.07) is 2.53. The van der Waals surface area contributed by atoms with Gasteiger partial charge in [-0.25, -0.2) is 9.97 Å². The first kappa shape index (κ1) is 15.1. The summed E-state index contributed by atoms with van der Waals surface area (Å²) in [6.07, 6.45) is 1.87. The van der Waals surface area contributed by atoms with Gasteiger partial charge in [0.25, 0.3) is 0 Å². The number of hydrogen-bond donors (Lipinski definition) is 0. The van der Waals surface area contributed by atoms with Gasteiger partial charge in [-0.3, -0.25) is 9.36 Å². The van der Waals surface area contributed by atoms with Crippen LogP contribution in [0.25, 0.3) is 11.0 Å². The highest BCUT2D eigenvalue weighted by Gasteiger charge is 2.32. The molecule has 0 amide bonds. The normalized spacial score (nSPS) is 15.5. The van der Waals surface area contributed by atoms with Crippen LogP contribution >= 0.6 is 0 Å². The van der Waals surface area contributed by atoms with E-state index in [1.807, 2.05) is 24.9 Å². The molecule has 0 atom stereocenters. The Labute approximate surface area is 141 Å². The Kier molecular flexibility index (Phi) is 3.33. The lowest BCUT2D eigenvalue weighted by molar-refractivity contribution is 0.359. The molecular weight excluding hydrogens is 302 g/mol. The maximum Gasteiger partial charge on any atom is 0.163 e. The van der Waals surface area contributed by atoms with E-state index in [-0.39, 0.29) is 5.92 Å². The number of rotatable bonds is 3. The molecule has 0 radical (unpaired) electrons. The van der Waals surface area contributed by atoms with Gasteiger partial charge in [-0.15, -0.1) is 0 Å². The lowest BCUT2D eigenvalue weighted by atomic mass is 10.1. The summed E-state index contributed by atoms with van der Waals surface area (Å²) in [5.41, 5.74) is 3.19. The van der Waals surface area contributed by atoms with Crippen molar-refractivity contribution in [3.63, 3.8) is 0 Å². The van der Waals surface area contributed by atoms with Gasteiger partial charge in [0.1, 0.15) is 11.6 Å². The van der Waals surface area contributed by atoms with Gasteiger partial charge in [-0.2, -0.15) is 10.2 Å². The van der Waals surface area contributed by atoms with Gasteiger partial charge in [0.2, 0.25) is 0 Å². The van der Waals surface area contributed by atoms with E-state index in [0.717, 1.165) is 41.5 Å². The third-order valence-electron chi connectivity index (χ3n) is 4.66. The van der Waals surface area contributed by atoms with Crippen LogP contribution in [0.15, 0.2) is 12.3 Å². The number of anilines is 1. The molecule has 0 aliphatic carbocycles. The van der Waals surface area contributed by atoms with Crippen LogP contribution in [0.2, 0.25) is 0 Å². The molecule has 4 heterocycles. The molecule has 0 saturated carbocycles. The van der Waals surface area contributed by atoms with Gasteiger partial charge in [-0.05, 0) is 19.9 Å². The standard InChI is InChI=1S/C17H23N7/c1-10(2)15-19-16-14(7-18-22(16)5)17(20-15)23-8-13(9-23)24-12(4)6-11(3)21-24/h6-7,10,13H,8-9H2,1-5H3. The third-order valence-corrected chi connectivity index (χ3v) is 4.66. The van der Waals surface area contributed by atoms with Gasteiger partial charge in [-0.1, -0.05) is 13.8 Å². The molecule has 0 unspecified atom stereocenters. The van der Waals surface area contributed by atoms with Crippen LogP contribution in [0.1, 0.15) is 43.0 Å². The first-order valence-electron chi connectivity index (χ1n) is 8.41. The minimum Gasteiger partial charge on any atom is -0.351 e. The van der Waals surface area contributed by atoms with E-state index in [1.165, 1.54) is 5.69 Å². The number of aromatic nitrogens is 6. The maximum absolute atomic E-state index is 4.82. The number of fused-ring (bicyclic) bond motifs is 1. The maximum atomic E-state index is 4.82. The van der Waals surface area contributed by atoms with Gasteiger partial charge >= 0.3 is 0 Å². The second-order valence-corrected chi connectivity index (χ2v) is 7.00. The van der Waals surface area contributed by atoms with E-state index in [9.17, 15) is 0 Å². The Balaban J connectivity index is 1.67. The van der Waals surface area contributed by atoms with E-state index in [0.29, 0.717) is 6.04 Å². The summed E-state index contributed by atoms with van der Waals surface area (Å²) in [5.74, 6) is 2.15. The second-order valence-electron chi connectivity index (χ2n) is 7.00. The predicted molar refractivity (Wildman–Crippen MR) is 93.3 cm³/mol. The van der Waals surface area contributed by atoms with Gasteiger partial charge in [0, 0.05) is 31.7 Å². The SMILES string of the molecule is Cc1cc(C)n(C2CN(c3nc(C(C)C)nc4c3cnn4C)C2)n1. The largest absolute Gasteiger partial charge is 0.351 e. The molecule has 0 N–H and O–H groups in total. The van der Waals surface area contributed by atoms with Crippen LogP contribution in [0.3, 0.4) is 0 Å². The summed E-state index contributed by atoms with van der Waals surface area (Å²) in [7, 11) is 1.93. The summed E-state index contributed by atoms with van der Waals surface area (Å²) in [5, 5.41) is 10.00. The Morgan fingerprint density at radius 3 is 2.54 bits per heavy atom. The summed E-state index contributed by atoms with van der Waals surface area (Å²) in [4.78, 5) is 11.8. The van der Waals surface area contributed by atoms with Crippen molar-refractivity contribution in [1.29, 1.82) is 0 Å². The van der Waals surface area contributed by atoms with Crippen LogP contribution in [0.4, 0.5) is 5.82 Å². The molecule has 0 spiro atoms. The fourth-order valence-electron chi connectivity index (χ4n) is 3.32. The van der Waals surface area contributed by atoms with E-state index in [2.05, 4.69) is 51.6 Å². The average Bonchev–Trinajstić information content (AvgIpc) is 3.01. The number of aryl methyl sites for hydroxylation is 3. The molecule has 3 aromatic rings. The van der Waals surface area contributed by atoms with Crippen molar-refractivity contribution in [2.24, 2.45) is 7.05 Å². The van der Waals surface area contributed by atoms with Crippen molar-refractivity contribution in [3.8, 4) is 0 Å². The molecule has 1 saturated heterocycles. The fraction of sp³-hybridized carbons (Fsp3) is 0.529. The summed E-state index contributed by atoms with van der Waals surface area (Å²) >= 11 is 0. The molecule has 0 bridgehead atoms. The Morgan fingerprint density at radius 2 is 1.92 bits per heavy atom. The molecule has 24 heavy (non-hydrogen) atoms. The first-order valence-corrected chi connectivity index (χ1v) is 8.41. The molecule has 7 nitrogen and oxygen atoms in total. The molecule has 7 heteroatoms. The Bertz CT molecular complexity index is 899. The van der Waals surface area contributed by atoms with Crippen molar-refractivity contribution in [1.82, 2.24) is 29.5 Å². The molecular formula is C17H23N7. The monoisotopic (exact) mass is 325 g/mol. The van der Waals surface area contributed by atoms with Crippen molar-refractivity contribution >= 4 is 16.9 Å². The molecule has 0 aromatic carbocycles. The van der Waals surface area contributed by atoms with Crippen molar-refractivity contribution in [2.75, 3.05) is 18.0 Å². The molecule has 3 aromatic heterocycles. The molecule has 1 aliphatic heterocycles. The van der Waals surface area contributed by atoms with E-state index in [4.69, 9.17) is 4.98 Å². The van der Waals surface area contributed by atoms with Crippen LogP contribution in [-0.2, 0) is 7.05 Å². The topological polar surface area (TPSA) is 64.7 Å². The van der Waals surface area contributed by atoms with Gasteiger partial charge in [0.05, 0.1) is 23.3 Å². The highest BCUT2D eigenvalue weighted by Crippen LogP contribution is 2.32.